The van der Waals surface area contributed by atoms with E-state index in [-0.39, 0.29) is 0 Å². The van der Waals surface area contributed by atoms with E-state index in [1.807, 2.05) is 11.8 Å². The first-order chi connectivity index (χ1) is 7.81. The normalized spacial score (nSPS) is 20.1. The molecule has 0 radical (unpaired) electrons. The second kappa shape index (κ2) is 4.11. The van der Waals surface area contributed by atoms with Gasteiger partial charge < -0.3 is 5.32 Å². The van der Waals surface area contributed by atoms with Gasteiger partial charge in [-0.3, -0.25) is 4.99 Å². The number of anilines is 1. The van der Waals surface area contributed by atoms with Crippen LogP contribution in [0.25, 0.3) is 10.1 Å². The first-order valence-corrected chi connectivity index (χ1v) is 7.02. The van der Waals surface area contributed by atoms with Crippen LogP contribution in [0.1, 0.15) is 6.92 Å². The third-order valence-corrected chi connectivity index (χ3v) is 4.41. The van der Waals surface area contributed by atoms with Gasteiger partial charge in [0.2, 0.25) is 0 Å². The third-order valence-electron chi connectivity index (χ3n) is 2.51. The molecule has 0 bridgehead atoms. The minimum Gasteiger partial charge on any atom is -0.335 e. The Morgan fingerprint density at radius 1 is 1.38 bits per heavy atom. The highest BCUT2D eigenvalue weighted by Crippen LogP contribution is 2.26. The molecule has 0 aliphatic carbocycles. The van der Waals surface area contributed by atoms with Crippen molar-refractivity contribution in [2.75, 3.05) is 11.9 Å². The van der Waals surface area contributed by atoms with Crippen molar-refractivity contribution in [3.63, 3.8) is 0 Å². The van der Waals surface area contributed by atoms with Crippen LogP contribution in [-0.4, -0.2) is 17.0 Å². The summed E-state index contributed by atoms with van der Waals surface area (Å²) in [5.74, 6) is 0. The van der Waals surface area contributed by atoms with Crippen LogP contribution in [0.15, 0.2) is 34.6 Å². The summed E-state index contributed by atoms with van der Waals surface area (Å²) in [6, 6.07) is 8.60. The van der Waals surface area contributed by atoms with Gasteiger partial charge in [-0.1, -0.05) is 18.7 Å². The standard InChI is InChI=1S/C12H12N2S2/c1-8-7-13-12(16-8)14-10-2-3-11-9(6-10)4-5-15-11/h2-6,8H,7H2,1H3,(H,13,14). The zero-order valence-corrected chi connectivity index (χ0v) is 10.6. The van der Waals surface area contributed by atoms with Gasteiger partial charge in [-0.25, -0.2) is 0 Å². The van der Waals surface area contributed by atoms with Crippen LogP contribution in [0.2, 0.25) is 0 Å². The maximum Gasteiger partial charge on any atom is 0.161 e. The SMILES string of the molecule is CC1CN=C(Nc2ccc3sccc3c2)S1. The molecule has 1 aliphatic rings. The number of nitrogens with one attached hydrogen (secondary N) is 1. The molecule has 1 unspecified atom stereocenters. The monoisotopic (exact) mass is 248 g/mol. The molecule has 82 valence electrons. The molecule has 1 aromatic carbocycles. The van der Waals surface area contributed by atoms with Crippen LogP contribution in [0.3, 0.4) is 0 Å². The number of hydrogen-bond acceptors (Lipinski definition) is 4. The van der Waals surface area contributed by atoms with E-state index in [1.165, 1.54) is 10.1 Å². The number of hydrogen-bond donors (Lipinski definition) is 1. The minimum absolute atomic E-state index is 0.604. The van der Waals surface area contributed by atoms with E-state index >= 15 is 0 Å². The average Bonchev–Trinajstić information content (AvgIpc) is 2.87. The van der Waals surface area contributed by atoms with Gasteiger partial charge in [0, 0.05) is 15.6 Å². The lowest BCUT2D eigenvalue weighted by molar-refractivity contribution is 0.976. The lowest BCUT2D eigenvalue weighted by Crippen LogP contribution is -2.05. The van der Waals surface area contributed by atoms with Crippen molar-refractivity contribution in [2.45, 2.75) is 12.2 Å². The summed E-state index contributed by atoms with van der Waals surface area (Å²) in [7, 11) is 0. The summed E-state index contributed by atoms with van der Waals surface area (Å²) in [6.45, 7) is 3.12. The second-order valence-corrected chi connectivity index (χ2v) is 6.25. The summed E-state index contributed by atoms with van der Waals surface area (Å²) in [5, 5.41) is 8.44. The summed E-state index contributed by atoms with van der Waals surface area (Å²) >= 11 is 3.59. The number of benzene rings is 1. The number of rotatable bonds is 1. The minimum atomic E-state index is 0.604. The van der Waals surface area contributed by atoms with Crippen molar-refractivity contribution < 1.29 is 0 Å². The van der Waals surface area contributed by atoms with Gasteiger partial charge in [0.25, 0.3) is 0 Å². The fourth-order valence-electron chi connectivity index (χ4n) is 1.71. The zero-order valence-electron chi connectivity index (χ0n) is 8.93. The van der Waals surface area contributed by atoms with E-state index < -0.39 is 0 Å². The van der Waals surface area contributed by atoms with E-state index in [0.717, 1.165) is 17.4 Å². The van der Waals surface area contributed by atoms with E-state index in [1.54, 1.807) is 11.3 Å². The van der Waals surface area contributed by atoms with Crippen LogP contribution in [0, 0.1) is 0 Å². The average molecular weight is 248 g/mol. The summed E-state index contributed by atoms with van der Waals surface area (Å²) in [5.41, 5.74) is 1.13. The lowest BCUT2D eigenvalue weighted by Gasteiger charge is -2.05. The molecule has 1 atom stereocenters. The molecule has 16 heavy (non-hydrogen) atoms. The molecule has 0 saturated carbocycles. The van der Waals surface area contributed by atoms with Gasteiger partial charge in [-0.2, -0.15) is 0 Å². The Labute approximate surface area is 103 Å². The van der Waals surface area contributed by atoms with Gasteiger partial charge in [-0.15, -0.1) is 11.3 Å². The number of nitrogens with zero attached hydrogens (tertiary/aromatic N) is 1. The number of amidine groups is 1. The molecule has 1 N–H and O–H groups in total. The van der Waals surface area contributed by atoms with E-state index in [0.29, 0.717) is 5.25 Å². The Morgan fingerprint density at radius 3 is 3.12 bits per heavy atom. The first-order valence-electron chi connectivity index (χ1n) is 5.27. The van der Waals surface area contributed by atoms with Crippen molar-refractivity contribution >= 4 is 44.0 Å². The zero-order chi connectivity index (χ0) is 11.0. The highest BCUT2D eigenvalue weighted by Gasteiger charge is 2.14. The Morgan fingerprint density at radius 2 is 2.31 bits per heavy atom. The predicted molar refractivity (Wildman–Crippen MR) is 74.8 cm³/mol. The predicted octanol–water partition coefficient (Wildman–Crippen LogP) is 3.80. The van der Waals surface area contributed by atoms with Crippen LogP contribution in [0.4, 0.5) is 5.69 Å². The number of thioether (sulfide) groups is 1. The highest BCUT2D eigenvalue weighted by atomic mass is 32.2. The molecule has 2 aromatic rings. The molecular weight excluding hydrogens is 236 g/mol. The van der Waals surface area contributed by atoms with E-state index in [2.05, 4.69) is 46.9 Å². The van der Waals surface area contributed by atoms with Crippen LogP contribution in [0.5, 0.6) is 0 Å². The summed E-state index contributed by atoms with van der Waals surface area (Å²) < 4.78 is 1.33. The number of thiophene rings is 1. The Kier molecular flexibility index (Phi) is 2.61. The maximum atomic E-state index is 4.45. The largest absolute Gasteiger partial charge is 0.335 e. The molecule has 1 aromatic heterocycles. The van der Waals surface area contributed by atoms with Crippen molar-refractivity contribution in [3.8, 4) is 0 Å². The molecule has 2 nitrogen and oxygen atoms in total. The van der Waals surface area contributed by atoms with Gasteiger partial charge in [0.05, 0.1) is 6.54 Å². The third kappa shape index (κ3) is 1.95. The lowest BCUT2D eigenvalue weighted by atomic mass is 10.2. The highest BCUT2D eigenvalue weighted by molar-refractivity contribution is 8.15. The van der Waals surface area contributed by atoms with Crippen molar-refractivity contribution in [1.82, 2.24) is 0 Å². The van der Waals surface area contributed by atoms with Gasteiger partial charge in [0.15, 0.2) is 5.17 Å². The smallest absolute Gasteiger partial charge is 0.161 e. The Hall–Kier alpha value is -1.00. The molecule has 0 amide bonds. The first kappa shape index (κ1) is 10.2. The quantitative estimate of drug-likeness (QED) is 0.830. The molecular formula is C12H12N2S2. The fraction of sp³-hybridized carbons (Fsp3) is 0.250. The Balaban J connectivity index is 1.84. The summed E-state index contributed by atoms with van der Waals surface area (Å²) in [4.78, 5) is 4.45. The van der Waals surface area contributed by atoms with Gasteiger partial charge >= 0.3 is 0 Å². The van der Waals surface area contributed by atoms with Crippen LogP contribution < -0.4 is 5.32 Å². The Bertz CT molecular complexity index is 545. The second-order valence-electron chi connectivity index (χ2n) is 3.87. The van der Waals surface area contributed by atoms with E-state index in [9.17, 15) is 0 Å². The van der Waals surface area contributed by atoms with Crippen LogP contribution in [-0.2, 0) is 0 Å². The van der Waals surface area contributed by atoms with Gasteiger partial charge in [-0.05, 0) is 35.0 Å². The van der Waals surface area contributed by atoms with Crippen molar-refractivity contribution in [1.29, 1.82) is 0 Å². The number of aliphatic imine (C=N–C) groups is 1. The van der Waals surface area contributed by atoms with Crippen molar-refractivity contribution in [3.05, 3.63) is 29.6 Å². The summed E-state index contributed by atoms with van der Waals surface area (Å²) in [6.07, 6.45) is 0. The molecule has 0 fully saturated rings. The van der Waals surface area contributed by atoms with Gasteiger partial charge in [0.1, 0.15) is 0 Å². The molecule has 1 aliphatic heterocycles. The molecule has 4 heteroatoms. The van der Waals surface area contributed by atoms with Crippen molar-refractivity contribution in [2.24, 2.45) is 4.99 Å². The topological polar surface area (TPSA) is 24.4 Å². The van der Waals surface area contributed by atoms with Crippen LogP contribution >= 0.6 is 23.1 Å². The molecule has 0 spiro atoms. The molecule has 2 heterocycles. The molecule has 3 rings (SSSR count). The number of fused-ring (bicyclic) bond motifs is 1. The maximum absolute atomic E-state index is 4.45. The fourth-order valence-corrected chi connectivity index (χ4v) is 3.34. The molecule has 0 saturated heterocycles. The van der Waals surface area contributed by atoms with E-state index in [4.69, 9.17) is 0 Å².